The number of benzene rings is 2. The first-order valence-corrected chi connectivity index (χ1v) is 10.5. The fourth-order valence-corrected chi connectivity index (χ4v) is 3.79. The summed E-state index contributed by atoms with van der Waals surface area (Å²) in [5.74, 6) is 0.690. The van der Waals surface area contributed by atoms with E-state index in [1.54, 1.807) is 19.2 Å². The van der Waals surface area contributed by atoms with Crippen LogP contribution in [0.25, 0.3) is 0 Å². The lowest BCUT2D eigenvalue weighted by Crippen LogP contribution is -2.31. The van der Waals surface area contributed by atoms with Gasteiger partial charge in [-0.2, -0.15) is 18.4 Å². The fraction of sp³-hybridized carbons (Fsp3) is 0.240. The minimum atomic E-state index is -4.55. The molecule has 1 aliphatic heterocycles. The van der Waals surface area contributed by atoms with Crippen molar-refractivity contribution in [1.29, 1.82) is 5.26 Å². The van der Waals surface area contributed by atoms with Crippen molar-refractivity contribution in [2.45, 2.75) is 24.9 Å². The summed E-state index contributed by atoms with van der Waals surface area (Å²) in [4.78, 5) is 18.0. The molecule has 10 heteroatoms. The molecule has 7 nitrogen and oxygen atoms in total. The van der Waals surface area contributed by atoms with Crippen molar-refractivity contribution in [3.05, 3.63) is 89.2 Å². The molecule has 3 aromatic rings. The van der Waals surface area contributed by atoms with Gasteiger partial charge in [0.25, 0.3) is 0 Å². The average Bonchev–Trinajstić information content (AvgIpc) is 3.19. The van der Waals surface area contributed by atoms with E-state index in [0.29, 0.717) is 5.75 Å². The molecule has 1 aliphatic rings. The van der Waals surface area contributed by atoms with Crippen molar-refractivity contribution in [3.8, 4) is 11.8 Å². The maximum atomic E-state index is 13.4. The number of amides is 1. The summed E-state index contributed by atoms with van der Waals surface area (Å²) < 4.78 is 56.6. The van der Waals surface area contributed by atoms with Gasteiger partial charge in [-0.1, -0.05) is 24.3 Å². The first-order valence-electron chi connectivity index (χ1n) is 10.5. The Kier molecular flexibility index (Phi) is 6.89. The number of hydrogen-bond donors (Lipinski definition) is 0. The van der Waals surface area contributed by atoms with Gasteiger partial charge in [-0.3, -0.25) is 4.90 Å². The van der Waals surface area contributed by atoms with Crippen LogP contribution in [0.4, 0.5) is 23.7 Å². The van der Waals surface area contributed by atoms with E-state index in [-0.39, 0.29) is 30.2 Å². The van der Waals surface area contributed by atoms with Gasteiger partial charge in [0.1, 0.15) is 23.6 Å². The average molecular weight is 483 g/mol. The molecule has 0 bridgehead atoms. The molecule has 35 heavy (non-hydrogen) atoms. The second-order valence-electron chi connectivity index (χ2n) is 7.74. The summed E-state index contributed by atoms with van der Waals surface area (Å²) in [5, 5.41) is 9.00. The van der Waals surface area contributed by atoms with E-state index in [9.17, 15) is 18.0 Å². The predicted octanol–water partition coefficient (Wildman–Crippen LogP) is 5.26. The van der Waals surface area contributed by atoms with E-state index in [1.807, 2.05) is 18.2 Å². The second kappa shape index (κ2) is 10.0. The third-order valence-electron chi connectivity index (χ3n) is 5.49. The van der Waals surface area contributed by atoms with Crippen molar-refractivity contribution in [2.75, 3.05) is 18.6 Å². The SMILES string of the molecule is COc1ccc(COCC2OC(=O)N(c3ccc(C#N)nc3)C2c2cccc(C(F)(F)F)c2)cc1. The molecule has 2 aromatic carbocycles. The Morgan fingerprint density at radius 1 is 1.14 bits per heavy atom. The highest BCUT2D eigenvalue weighted by Gasteiger charge is 2.44. The van der Waals surface area contributed by atoms with E-state index >= 15 is 0 Å². The first kappa shape index (κ1) is 24.0. The van der Waals surface area contributed by atoms with Gasteiger partial charge in [0.2, 0.25) is 0 Å². The number of ether oxygens (including phenoxy) is 3. The molecule has 2 unspecified atom stereocenters. The quantitative estimate of drug-likeness (QED) is 0.456. The van der Waals surface area contributed by atoms with E-state index in [0.717, 1.165) is 17.7 Å². The van der Waals surface area contributed by atoms with Crippen LogP contribution in [0.3, 0.4) is 0 Å². The molecule has 4 rings (SSSR count). The number of pyridine rings is 1. The first-order chi connectivity index (χ1) is 16.8. The standard InChI is InChI=1S/C25H20F3N3O4/c1-33-21-9-5-16(6-10-21)14-34-15-22-23(17-3-2-4-18(11-17)25(26,27)28)31(24(32)35-22)20-8-7-19(12-29)30-13-20/h2-11,13,22-23H,14-15H2,1H3. The number of methoxy groups -OCH3 is 1. The van der Waals surface area contributed by atoms with Gasteiger partial charge in [0, 0.05) is 0 Å². The van der Waals surface area contributed by atoms with Gasteiger partial charge < -0.3 is 14.2 Å². The molecule has 1 aromatic heterocycles. The minimum absolute atomic E-state index is 0.0567. The molecule has 0 saturated carbocycles. The summed E-state index contributed by atoms with van der Waals surface area (Å²) in [5.41, 5.74) is 0.655. The highest BCUT2D eigenvalue weighted by molar-refractivity contribution is 5.91. The van der Waals surface area contributed by atoms with Crippen molar-refractivity contribution in [2.24, 2.45) is 0 Å². The third kappa shape index (κ3) is 5.36. The summed E-state index contributed by atoms with van der Waals surface area (Å²) in [6, 6.07) is 15.8. The Bertz CT molecular complexity index is 1220. The summed E-state index contributed by atoms with van der Waals surface area (Å²) in [6.07, 6.45) is -4.89. The molecule has 0 N–H and O–H groups in total. The molecule has 2 heterocycles. The lowest BCUT2D eigenvalue weighted by molar-refractivity contribution is -0.137. The van der Waals surface area contributed by atoms with Crippen LogP contribution in [0.15, 0.2) is 66.9 Å². The van der Waals surface area contributed by atoms with Crippen LogP contribution in [0.2, 0.25) is 0 Å². The zero-order chi connectivity index (χ0) is 25.0. The fourth-order valence-electron chi connectivity index (χ4n) is 3.79. The number of carbonyl (C=O) groups excluding carboxylic acids is 1. The molecule has 1 saturated heterocycles. The largest absolute Gasteiger partial charge is 0.497 e. The third-order valence-corrected chi connectivity index (χ3v) is 5.49. The number of anilines is 1. The molecule has 1 amide bonds. The molecule has 2 atom stereocenters. The molecule has 0 aliphatic carbocycles. The topological polar surface area (TPSA) is 84.7 Å². The van der Waals surface area contributed by atoms with Crippen molar-refractivity contribution >= 4 is 11.8 Å². The predicted molar refractivity (Wildman–Crippen MR) is 119 cm³/mol. The number of alkyl halides is 3. The Morgan fingerprint density at radius 2 is 1.91 bits per heavy atom. The van der Waals surface area contributed by atoms with E-state index in [2.05, 4.69) is 4.98 Å². The minimum Gasteiger partial charge on any atom is -0.497 e. The van der Waals surface area contributed by atoms with Gasteiger partial charge >= 0.3 is 12.3 Å². The Morgan fingerprint density at radius 3 is 2.54 bits per heavy atom. The van der Waals surface area contributed by atoms with Crippen LogP contribution in [0.1, 0.15) is 28.4 Å². The highest BCUT2D eigenvalue weighted by Crippen LogP contribution is 2.39. The number of halogens is 3. The van der Waals surface area contributed by atoms with Gasteiger partial charge in [0.05, 0.1) is 37.8 Å². The van der Waals surface area contributed by atoms with Crippen molar-refractivity contribution in [1.82, 2.24) is 4.98 Å². The monoisotopic (exact) mass is 483 g/mol. The number of nitriles is 1. The number of nitrogens with zero attached hydrogens (tertiary/aromatic N) is 3. The molecule has 0 radical (unpaired) electrons. The second-order valence-corrected chi connectivity index (χ2v) is 7.74. The molecule has 180 valence electrons. The van der Waals surface area contributed by atoms with E-state index in [1.165, 1.54) is 35.4 Å². The number of hydrogen-bond acceptors (Lipinski definition) is 6. The summed E-state index contributed by atoms with van der Waals surface area (Å²) in [6.45, 7) is 0.144. The van der Waals surface area contributed by atoms with Crippen LogP contribution in [-0.4, -0.2) is 30.9 Å². The van der Waals surface area contributed by atoms with E-state index < -0.39 is 30.0 Å². The number of rotatable bonds is 7. The number of carbonyl (C=O) groups is 1. The lowest BCUT2D eigenvalue weighted by atomic mass is 9.98. The normalized spacial score (nSPS) is 17.7. The van der Waals surface area contributed by atoms with Crippen LogP contribution in [0.5, 0.6) is 5.75 Å². The zero-order valence-electron chi connectivity index (χ0n) is 18.5. The van der Waals surface area contributed by atoms with Crippen molar-refractivity contribution in [3.63, 3.8) is 0 Å². The summed E-state index contributed by atoms with van der Waals surface area (Å²) in [7, 11) is 1.56. The van der Waals surface area contributed by atoms with Gasteiger partial charge in [-0.25, -0.2) is 9.78 Å². The van der Waals surface area contributed by atoms with Crippen LogP contribution in [0, 0.1) is 11.3 Å². The van der Waals surface area contributed by atoms with Crippen LogP contribution < -0.4 is 9.64 Å². The zero-order valence-corrected chi connectivity index (χ0v) is 18.5. The Hall–Kier alpha value is -4.10. The number of aromatic nitrogens is 1. The maximum absolute atomic E-state index is 13.4. The van der Waals surface area contributed by atoms with Gasteiger partial charge in [-0.15, -0.1) is 0 Å². The van der Waals surface area contributed by atoms with Gasteiger partial charge in [-0.05, 0) is 47.5 Å². The smallest absolute Gasteiger partial charge is 0.416 e. The van der Waals surface area contributed by atoms with Crippen LogP contribution >= 0.6 is 0 Å². The van der Waals surface area contributed by atoms with Crippen LogP contribution in [-0.2, 0) is 22.3 Å². The molecular weight excluding hydrogens is 463 g/mol. The van der Waals surface area contributed by atoms with Gasteiger partial charge in [0.15, 0.2) is 6.10 Å². The Balaban J connectivity index is 1.61. The lowest BCUT2D eigenvalue weighted by Gasteiger charge is -2.25. The Labute approximate surface area is 199 Å². The highest BCUT2D eigenvalue weighted by atomic mass is 19.4. The maximum Gasteiger partial charge on any atom is 0.416 e. The molecule has 0 spiro atoms. The number of cyclic esters (lactones) is 1. The van der Waals surface area contributed by atoms with E-state index in [4.69, 9.17) is 19.5 Å². The van der Waals surface area contributed by atoms with Crippen molar-refractivity contribution < 1.29 is 32.2 Å². The summed E-state index contributed by atoms with van der Waals surface area (Å²) >= 11 is 0. The molecular formula is C25H20F3N3O4. The molecule has 1 fully saturated rings.